The molecule has 14 heavy (non-hydrogen) atoms. The average Bonchev–Trinajstić information content (AvgIpc) is 2.15. The van der Waals surface area contributed by atoms with Crippen molar-refractivity contribution in [3.05, 3.63) is 0 Å². The molecule has 0 aromatic rings. The number of nitrogens with zero attached hydrogens (tertiary/aromatic N) is 1. The van der Waals surface area contributed by atoms with Gasteiger partial charge in [0.1, 0.15) is 5.25 Å². The van der Waals surface area contributed by atoms with Crippen LogP contribution in [0.15, 0.2) is 0 Å². The number of sulfone groups is 1. The van der Waals surface area contributed by atoms with E-state index in [0.29, 0.717) is 26.3 Å². The first kappa shape index (κ1) is 11.5. The lowest BCUT2D eigenvalue weighted by Crippen LogP contribution is -2.46. The molecule has 0 bridgehead atoms. The first-order valence-electron chi connectivity index (χ1n) is 4.48. The number of hydrogen-bond acceptors (Lipinski definition) is 4. The first-order chi connectivity index (χ1) is 6.43. The third-order valence-electron chi connectivity index (χ3n) is 2.31. The van der Waals surface area contributed by atoms with Crippen molar-refractivity contribution in [3.63, 3.8) is 0 Å². The third kappa shape index (κ3) is 2.68. The number of hydrogen-bond donors (Lipinski definition) is 0. The summed E-state index contributed by atoms with van der Waals surface area (Å²) in [6.45, 7) is 3.37. The number of carbonyl (C=O) groups excluding carboxylic acids is 1. The van der Waals surface area contributed by atoms with Crippen LogP contribution in [0.1, 0.15) is 6.92 Å². The average molecular weight is 221 g/mol. The number of amides is 1. The lowest BCUT2D eigenvalue weighted by atomic mass is 10.3. The van der Waals surface area contributed by atoms with Crippen LogP contribution in [0.25, 0.3) is 0 Å². The highest BCUT2D eigenvalue weighted by Crippen LogP contribution is 2.06. The van der Waals surface area contributed by atoms with Crippen LogP contribution in [0.2, 0.25) is 0 Å². The van der Waals surface area contributed by atoms with Gasteiger partial charge in [-0.2, -0.15) is 0 Å². The van der Waals surface area contributed by atoms with Crippen LogP contribution in [0.4, 0.5) is 0 Å². The molecule has 1 fully saturated rings. The molecule has 1 heterocycles. The zero-order valence-corrected chi connectivity index (χ0v) is 9.21. The summed E-state index contributed by atoms with van der Waals surface area (Å²) in [6, 6.07) is 0. The Balaban J connectivity index is 2.64. The molecule has 6 heteroatoms. The second kappa shape index (κ2) is 4.27. The van der Waals surface area contributed by atoms with Crippen molar-refractivity contribution < 1.29 is 17.9 Å². The Morgan fingerprint density at radius 3 is 2.29 bits per heavy atom. The monoisotopic (exact) mass is 221 g/mol. The molecule has 0 radical (unpaired) electrons. The number of rotatable bonds is 2. The number of carbonyl (C=O) groups is 1. The Hall–Kier alpha value is -0.620. The second-order valence-corrected chi connectivity index (χ2v) is 5.78. The van der Waals surface area contributed by atoms with Crippen molar-refractivity contribution in [2.75, 3.05) is 32.6 Å². The van der Waals surface area contributed by atoms with Gasteiger partial charge in [-0.15, -0.1) is 0 Å². The van der Waals surface area contributed by atoms with Gasteiger partial charge >= 0.3 is 0 Å². The molecule has 1 rings (SSSR count). The van der Waals surface area contributed by atoms with Gasteiger partial charge in [0.05, 0.1) is 13.2 Å². The fraction of sp³-hybridized carbons (Fsp3) is 0.875. The Kier molecular flexibility index (Phi) is 3.49. The van der Waals surface area contributed by atoms with Crippen molar-refractivity contribution in [1.82, 2.24) is 4.90 Å². The molecule has 0 aliphatic carbocycles. The summed E-state index contributed by atoms with van der Waals surface area (Å²) in [5.41, 5.74) is 0. The summed E-state index contributed by atoms with van der Waals surface area (Å²) in [7, 11) is -3.28. The summed E-state index contributed by atoms with van der Waals surface area (Å²) < 4.78 is 27.3. The molecule has 1 aliphatic heterocycles. The SMILES string of the molecule is C[C@@H](C(=O)N1CCOCC1)S(C)(=O)=O. The van der Waals surface area contributed by atoms with Gasteiger partial charge < -0.3 is 9.64 Å². The van der Waals surface area contributed by atoms with Crippen LogP contribution >= 0.6 is 0 Å². The molecule has 1 aliphatic rings. The molecule has 0 N–H and O–H groups in total. The molecule has 5 nitrogen and oxygen atoms in total. The zero-order valence-electron chi connectivity index (χ0n) is 8.39. The Morgan fingerprint density at radius 2 is 1.86 bits per heavy atom. The topological polar surface area (TPSA) is 63.7 Å². The molecule has 0 unspecified atom stereocenters. The van der Waals surface area contributed by atoms with E-state index in [1.54, 1.807) is 0 Å². The van der Waals surface area contributed by atoms with E-state index in [0.717, 1.165) is 6.26 Å². The van der Waals surface area contributed by atoms with E-state index >= 15 is 0 Å². The van der Waals surface area contributed by atoms with Gasteiger partial charge in [-0.1, -0.05) is 0 Å². The third-order valence-corrected chi connectivity index (χ3v) is 3.80. The molecule has 0 aromatic carbocycles. The maximum atomic E-state index is 11.6. The van der Waals surface area contributed by atoms with Crippen molar-refractivity contribution in [1.29, 1.82) is 0 Å². The normalized spacial score (nSPS) is 20.6. The number of ether oxygens (including phenoxy) is 1. The van der Waals surface area contributed by atoms with Gasteiger partial charge in [-0.3, -0.25) is 4.79 Å². The maximum absolute atomic E-state index is 11.6. The largest absolute Gasteiger partial charge is 0.378 e. The number of morpholine rings is 1. The molecule has 0 spiro atoms. The summed E-state index contributed by atoms with van der Waals surface area (Å²) in [6.07, 6.45) is 1.08. The Morgan fingerprint density at radius 1 is 1.36 bits per heavy atom. The summed E-state index contributed by atoms with van der Waals surface area (Å²) in [4.78, 5) is 13.2. The first-order valence-corrected chi connectivity index (χ1v) is 6.44. The van der Waals surface area contributed by atoms with Gasteiger partial charge in [0.15, 0.2) is 9.84 Å². The minimum atomic E-state index is -3.28. The highest BCUT2D eigenvalue weighted by molar-refractivity contribution is 7.92. The Labute approximate surface area is 83.9 Å². The minimum Gasteiger partial charge on any atom is -0.378 e. The van der Waals surface area contributed by atoms with Gasteiger partial charge in [0, 0.05) is 19.3 Å². The zero-order chi connectivity index (χ0) is 10.8. The van der Waals surface area contributed by atoms with E-state index in [4.69, 9.17) is 4.74 Å². The van der Waals surface area contributed by atoms with Crippen molar-refractivity contribution in [2.24, 2.45) is 0 Å². The van der Waals surface area contributed by atoms with E-state index in [-0.39, 0.29) is 5.91 Å². The highest BCUT2D eigenvalue weighted by atomic mass is 32.2. The van der Waals surface area contributed by atoms with Crippen molar-refractivity contribution in [2.45, 2.75) is 12.2 Å². The van der Waals surface area contributed by atoms with E-state index in [2.05, 4.69) is 0 Å². The lowest BCUT2D eigenvalue weighted by molar-refractivity contribution is -0.134. The quantitative estimate of drug-likeness (QED) is 0.617. The second-order valence-electron chi connectivity index (χ2n) is 3.41. The Bertz CT molecular complexity index is 305. The summed E-state index contributed by atoms with van der Waals surface area (Å²) in [5.74, 6) is -0.323. The fourth-order valence-electron chi connectivity index (χ4n) is 1.22. The van der Waals surface area contributed by atoms with Crippen LogP contribution < -0.4 is 0 Å². The molecule has 1 atom stereocenters. The molecule has 82 valence electrons. The van der Waals surface area contributed by atoms with Crippen molar-refractivity contribution in [3.8, 4) is 0 Å². The van der Waals surface area contributed by atoms with Crippen LogP contribution in [0, 0.1) is 0 Å². The van der Waals surface area contributed by atoms with Gasteiger partial charge in [-0.25, -0.2) is 8.42 Å². The lowest BCUT2D eigenvalue weighted by Gasteiger charge is -2.28. The molecule has 0 saturated carbocycles. The van der Waals surface area contributed by atoms with E-state index in [9.17, 15) is 13.2 Å². The van der Waals surface area contributed by atoms with Crippen LogP contribution in [-0.4, -0.2) is 57.0 Å². The maximum Gasteiger partial charge on any atom is 0.240 e. The fourth-order valence-corrected chi connectivity index (χ4v) is 1.74. The smallest absolute Gasteiger partial charge is 0.240 e. The van der Waals surface area contributed by atoms with Crippen LogP contribution in [0.5, 0.6) is 0 Å². The van der Waals surface area contributed by atoms with E-state index in [1.807, 2.05) is 0 Å². The van der Waals surface area contributed by atoms with Crippen LogP contribution in [-0.2, 0) is 19.4 Å². The summed E-state index contributed by atoms with van der Waals surface area (Å²) >= 11 is 0. The predicted octanol–water partition coefficient (Wildman–Crippen LogP) is -0.722. The summed E-state index contributed by atoms with van der Waals surface area (Å²) in [5, 5.41) is -0.944. The van der Waals surface area contributed by atoms with Crippen molar-refractivity contribution >= 4 is 15.7 Å². The van der Waals surface area contributed by atoms with E-state index in [1.165, 1.54) is 11.8 Å². The van der Waals surface area contributed by atoms with Gasteiger partial charge in [0.25, 0.3) is 0 Å². The molecule has 0 aromatic heterocycles. The molecular formula is C8H15NO4S. The highest BCUT2D eigenvalue weighted by Gasteiger charge is 2.28. The van der Waals surface area contributed by atoms with Gasteiger partial charge in [0.2, 0.25) is 5.91 Å². The molecule has 1 saturated heterocycles. The van der Waals surface area contributed by atoms with Gasteiger partial charge in [-0.05, 0) is 6.92 Å². The van der Waals surface area contributed by atoms with Crippen LogP contribution in [0.3, 0.4) is 0 Å². The molecular weight excluding hydrogens is 206 g/mol. The standard InChI is InChI=1S/C8H15NO4S/c1-7(14(2,11)12)8(10)9-3-5-13-6-4-9/h7H,3-6H2,1-2H3/t7-/m0/s1. The predicted molar refractivity (Wildman–Crippen MR) is 51.7 cm³/mol. The minimum absolute atomic E-state index is 0.323. The van der Waals surface area contributed by atoms with E-state index < -0.39 is 15.1 Å². The molecule has 1 amide bonds.